The Morgan fingerprint density at radius 2 is 1.88 bits per heavy atom. The number of benzene rings is 1. The maximum Gasteiger partial charge on any atom is 0.490 e. The molecule has 0 aliphatic carbocycles. The maximum atomic E-state index is 11.9. The third-order valence-electron chi connectivity index (χ3n) is 4.48. The van der Waals surface area contributed by atoms with Crippen molar-refractivity contribution < 1.29 is 27.9 Å². The Bertz CT molecular complexity index is 1170. The highest BCUT2D eigenvalue weighted by atomic mass is 35.5. The van der Waals surface area contributed by atoms with Crippen LogP contribution in [0.25, 0.3) is 23.4 Å². The Balaban J connectivity index is 0.000000360. The Labute approximate surface area is 185 Å². The van der Waals surface area contributed by atoms with E-state index in [0.29, 0.717) is 11.6 Å². The average Bonchev–Trinajstić information content (AvgIpc) is 3.19. The summed E-state index contributed by atoms with van der Waals surface area (Å²) in [6, 6.07) is 13.5. The maximum absolute atomic E-state index is 11.9. The minimum absolute atomic E-state index is 0.0170. The van der Waals surface area contributed by atoms with Crippen molar-refractivity contribution >= 4 is 35.6 Å². The molecule has 10 heteroatoms. The smallest absolute Gasteiger partial charge is 0.475 e. The number of carbonyl (C=O) groups is 2. The van der Waals surface area contributed by atoms with E-state index < -0.39 is 12.1 Å². The molecule has 1 amide bonds. The number of nitrogens with one attached hydrogen (secondary N) is 2. The molecule has 3 heterocycles. The van der Waals surface area contributed by atoms with Crippen LogP contribution in [0, 0.1) is 0 Å². The van der Waals surface area contributed by atoms with Gasteiger partial charge in [-0.2, -0.15) is 13.2 Å². The van der Waals surface area contributed by atoms with Gasteiger partial charge < -0.3 is 15.4 Å². The number of carbonyl (C=O) groups excluding carboxylic acids is 1. The number of carboxylic acid groups (broad SMARTS) is 1. The number of rotatable bonds is 3. The summed E-state index contributed by atoms with van der Waals surface area (Å²) >= 11 is 6.17. The van der Waals surface area contributed by atoms with Crippen LogP contribution in [0.5, 0.6) is 0 Å². The lowest BCUT2D eigenvalue weighted by Gasteiger charge is -2.10. The fraction of sp³-hybridized carbons (Fsp3) is 0.136. The van der Waals surface area contributed by atoms with Gasteiger partial charge in [0.2, 0.25) is 0 Å². The highest BCUT2D eigenvalue weighted by Crippen LogP contribution is 2.25. The topological polar surface area (TPSA) is 95.1 Å². The molecule has 3 aromatic rings. The quantitative estimate of drug-likeness (QED) is 0.519. The largest absolute Gasteiger partial charge is 0.490 e. The normalized spacial score (nSPS) is 13.2. The van der Waals surface area contributed by atoms with Gasteiger partial charge in [0.25, 0.3) is 5.91 Å². The highest BCUT2D eigenvalue weighted by molar-refractivity contribution is 6.32. The molecule has 166 valence electrons. The zero-order valence-corrected chi connectivity index (χ0v) is 17.2. The molecule has 32 heavy (non-hydrogen) atoms. The van der Waals surface area contributed by atoms with Crippen molar-refractivity contribution in [2.75, 3.05) is 6.54 Å². The molecule has 1 aliphatic rings. The molecule has 3 N–H and O–H groups in total. The van der Waals surface area contributed by atoms with Gasteiger partial charge in [0.1, 0.15) is 0 Å². The van der Waals surface area contributed by atoms with Crippen molar-refractivity contribution in [2.45, 2.75) is 12.6 Å². The molecule has 0 fully saturated rings. The van der Waals surface area contributed by atoms with E-state index in [0.717, 1.165) is 40.2 Å². The van der Waals surface area contributed by atoms with E-state index in [1.54, 1.807) is 6.20 Å². The molecular formula is C22H17ClF3N3O3. The molecule has 1 aromatic carbocycles. The van der Waals surface area contributed by atoms with E-state index >= 15 is 0 Å². The van der Waals surface area contributed by atoms with Crippen molar-refractivity contribution in [2.24, 2.45) is 0 Å². The molecule has 0 spiro atoms. The minimum Gasteiger partial charge on any atom is -0.475 e. The molecule has 4 rings (SSSR count). The third kappa shape index (κ3) is 5.76. The number of nitrogens with zero attached hydrogens (tertiary/aromatic N) is 1. The van der Waals surface area contributed by atoms with Gasteiger partial charge in [-0.15, -0.1) is 0 Å². The van der Waals surface area contributed by atoms with Crippen LogP contribution in [0.15, 0.2) is 48.7 Å². The summed E-state index contributed by atoms with van der Waals surface area (Å²) in [5.74, 6) is -2.77. The van der Waals surface area contributed by atoms with Gasteiger partial charge in [-0.05, 0) is 35.9 Å². The molecule has 2 aromatic heterocycles. The molecule has 0 bridgehead atoms. The van der Waals surface area contributed by atoms with E-state index in [1.165, 1.54) is 0 Å². The Hall–Kier alpha value is -3.59. The minimum atomic E-state index is -5.08. The standard InChI is InChI=1S/C20H16ClN3O.C2HF3O2/c21-17-4-2-1-3-13(17)5-6-15-11-14(7-9-22-15)19-12-16-18(24-19)8-10-23-20(16)25;3-2(4,5)1(6)7/h1-7,9,11-12,24H,8,10H2,(H,23,25);(H,6,7)/b6-5+;. The second-order valence-corrected chi connectivity index (χ2v) is 7.12. The van der Waals surface area contributed by atoms with Gasteiger partial charge in [0, 0.05) is 41.1 Å². The van der Waals surface area contributed by atoms with Crippen LogP contribution in [0.1, 0.15) is 27.3 Å². The summed E-state index contributed by atoms with van der Waals surface area (Å²) in [6.07, 6.45) is 1.38. The fourth-order valence-corrected chi connectivity index (χ4v) is 3.14. The molecule has 0 atom stereocenters. The van der Waals surface area contributed by atoms with Gasteiger partial charge in [-0.1, -0.05) is 35.9 Å². The summed E-state index contributed by atoms with van der Waals surface area (Å²) in [7, 11) is 0. The predicted octanol–water partition coefficient (Wildman–Crippen LogP) is 4.82. The molecular weight excluding hydrogens is 447 g/mol. The van der Waals surface area contributed by atoms with Crippen molar-refractivity contribution in [1.82, 2.24) is 15.3 Å². The van der Waals surface area contributed by atoms with Crippen molar-refractivity contribution in [3.8, 4) is 11.3 Å². The zero-order valence-electron chi connectivity index (χ0n) is 16.4. The van der Waals surface area contributed by atoms with Crippen molar-refractivity contribution in [3.05, 3.63) is 76.2 Å². The van der Waals surface area contributed by atoms with E-state index in [1.807, 2.05) is 54.6 Å². The Morgan fingerprint density at radius 3 is 2.53 bits per heavy atom. The van der Waals surface area contributed by atoms with Gasteiger partial charge >= 0.3 is 12.1 Å². The van der Waals surface area contributed by atoms with Gasteiger partial charge in [-0.3, -0.25) is 9.78 Å². The number of aromatic nitrogens is 2. The van der Waals surface area contributed by atoms with Crippen molar-refractivity contribution in [1.29, 1.82) is 0 Å². The highest BCUT2D eigenvalue weighted by Gasteiger charge is 2.38. The van der Waals surface area contributed by atoms with E-state index in [9.17, 15) is 18.0 Å². The van der Waals surface area contributed by atoms with Crippen LogP contribution in [-0.2, 0) is 11.2 Å². The van der Waals surface area contributed by atoms with Gasteiger partial charge in [0.15, 0.2) is 0 Å². The Morgan fingerprint density at radius 1 is 1.16 bits per heavy atom. The number of hydrogen-bond donors (Lipinski definition) is 3. The lowest BCUT2D eigenvalue weighted by molar-refractivity contribution is -0.192. The van der Waals surface area contributed by atoms with Crippen LogP contribution < -0.4 is 5.32 Å². The van der Waals surface area contributed by atoms with E-state index in [4.69, 9.17) is 21.5 Å². The lowest BCUT2D eigenvalue weighted by atomic mass is 10.1. The van der Waals surface area contributed by atoms with Gasteiger partial charge in [-0.25, -0.2) is 4.79 Å². The number of amides is 1. The summed E-state index contributed by atoms with van der Waals surface area (Å²) in [5.41, 5.74) is 5.42. The second kappa shape index (κ2) is 9.69. The number of carboxylic acids is 1. The average molecular weight is 464 g/mol. The monoisotopic (exact) mass is 463 g/mol. The van der Waals surface area contributed by atoms with Crippen LogP contribution in [0.4, 0.5) is 13.2 Å². The number of fused-ring (bicyclic) bond motifs is 1. The lowest BCUT2D eigenvalue weighted by Crippen LogP contribution is -2.31. The SMILES string of the molecule is O=C(O)C(F)(F)F.O=C1NCCc2[nH]c(-c3ccnc(/C=C/c4ccccc4Cl)c3)cc21. The number of halogens is 4. The molecule has 0 radical (unpaired) electrons. The zero-order chi connectivity index (χ0) is 23.3. The molecule has 1 aliphatic heterocycles. The summed E-state index contributed by atoms with van der Waals surface area (Å²) in [4.78, 5) is 28.6. The van der Waals surface area contributed by atoms with Crippen LogP contribution in [0.2, 0.25) is 5.02 Å². The third-order valence-corrected chi connectivity index (χ3v) is 4.82. The first-order chi connectivity index (χ1) is 15.1. The first-order valence-corrected chi connectivity index (χ1v) is 9.72. The summed E-state index contributed by atoms with van der Waals surface area (Å²) < 4.78 is 31.7. The Kier molecular flexibility index (Phi) is 6.99. The number of H-pyrrole nitrogens is 1. The molecule has 6 nitrogen and oxygen atoms in total. The first kappa shape index (κ1) is 23.1. The number of aliphatic carboxylic acids is 1. The number of hydrogen-bond acceptors (Lipinski definition) is 3. The number of alkyl halides is 3. The predicted molar refractivity (Wildman–Crippen MR) is 114 cm³/mol. The molecule has 0 saturated heterocycles. The number of pyridine rings is 1. The number of aromatic amines is 1. The van der Waals surface area contributed by atoms with Crippen molar-refractivity contribution in [3.63, 3.8) is 0 Å². The summed E-state index contributed by atoms with van der Waals surface area (Å²) in [6.45, 7) is 0.675. The second-order valence-electron chi connectivity index (χ2n) is 6.71. The fourth-order valence-electron chi connectivity index (χ4n) is 2.94. The molecule has 0 saturated carbocycles. The summed E-state index contributed by atoms with van der Waals surface area (Å²) in [5, 5.41) is 10.7. The van der Waals surface area contributed by atoms with Crippen LogP contribution in [-0.4, -0.2) is 39.7 Å². The molecule has 0 unspecified atom stereocenters. The van der Waals surface area contributed by atoms with E-state index in [2.05, 4.69) is 15.3 Å². The van der Waals surface area contributed by atoms with Crippen LogP contribution >= 0.6 is 11.6 Å². The first-order valence-electron chi connectivity index (χ1n) is 9.34. The van der Waals surface area contributed by atoms with Gasteiger partial charge in [0.05, 0.1) is 11.3 Å². The van der Waals surface area contributed by atoms with Crippen LogP contribution in [0.3, 0.4) is 0 Å². The van der Waals surface area contributed by atoms with E-state index in [-0.39, 0.29) is 5.91 Å².